The largest absolute Gasteiger partial charge is 0.310 e. The molecule has 2 heteroatoms. The molecule has 0 radical (unpaired) electrons. The molecule has 0 aliphatic heterocycles. The first kappa shape index (κ1) is 13.8. The zero-order valence-electron chi connectivity index (χ0n) is 11.7. The lowest BCUT2D eigenvalue weighted by Gasteiger charge is -2.14. The van der Waals surface area contributed by atoms with Gasteiger partial charge in [-0.1, -0.05) is 44.2 Å². The maximum absolute atomic E-state index is 13.5. The Hall–Kier alpha value is -1.67. The average molecular weight is 257 g/mol. The van der Waals surface area contributed by atoms with Crippen LogP contribution in [-0.2, 0) is 6.54 Å². The standard InChI is InChI=1S/C17H20FN/c1-12(2)19-11-14-8-9-15(18)10-17(14)16-7-5-4-6-13(16)3/h4-10,12,19H,11H2,1-3H3. The van der Waals surface area contributed by atoms with Crippen LogP contribution in [0.3, 0.4) is 0 Å². The molecule has 0 aromatic heterocycles. The predicted octanol–water partition coefficient (Wildman–Crippen LogP) is 4.30. The van der Waals surface area contributed by atoms with Crippen molar-refractivity contribution in [1.29, 1.82) is 0 Å². The Bertz CT molecular complexity index is 561. The molecule has 0 fully saturated rings. The van der Waals surface area contributed by atoms with Gasteiger partial charge >= 0.3 is 0 Å². The van der Waals surface area contributed by atoms with Crippen molar-refractivity contribution in [3.8, 4) is 11.1 Å². The van der Waals surface area contributed by atoms with E-state index in [9.17, 15) is 4.39 Å². The fourth-order valence-electron chi connectivity index (χ4n) is 2.14. The van der Waals surface area contributed by atoms with Gasteiger partial charge in [0.1, 0.15) is 5.82 Å². The molecule has 0 amide bonds. The van der Waals surface area contributed by atoms with E-state index in [1.165, 1.54) is 11.6 Å². The van der Waals surface area contributed by atoms with Crippen molar-refractivity contribution in [3.05, 3.63) is 59.4 Å². The lowest BCUT2D eigenvalue weighted by atomic mass is 9.96. The van der Waals surface area contributed by atoms with E-state index < -0.39 is 0 Å². The van der Waals surface area contributed by atoms with Crippen molar-refractivity contribution in [2.45, 2.75) is 33.4 Å². The molecule has 0 spiro atoms. The fraction of sp³-hybridized carbons (Fsp3) is 0.294. The summed E-state index contributed by atoms with van der Waals surface area (Å²) in [7, 11) is 0. The molecule has 1 nitrogen and oxygen atoms in total. The van der Waals surface area contributed by atoms with Crippen LogP contribution in [0, 0.1) is 12.7 Å². The van der Waals surface area contributed by atoms with Gasteiger partial charge in [-0.2, -0.15) is 0 Å². The van der Waals surface area contributed by atoms with Crippen molar-refractivity contribution >= 4 is 0 Å². The highest BCUT2D eigenvalue weighted by Crippen LogP contribution is 2.27. The number of hydrogen-bond acceptors (Lipinski definition) is 1. The molecular weight excluding hydrogens is 237 g/mol. The van der Waals surface area contributed by atoms with Gasteiger partial charge in [-0.15, -0.1) is 0 Å². The minimum atomic E-state index is -0.188. The second-order valence-corrected chi connectivity index (χ2v) is 5.15. The number of nitrogens with one attached hydrogen (secondary N) is 1. The Morgan fingerprint density at radius 2 is 1.79 bits per heavy atom. The molecular formula is C17H20FN. The maximum Gasteiger partial charge on any atom is 0.123 e. The molecule has 0 bridgehead atoms. The van der Waals surface area contributed by atoms with Crippen LogP contribution in [0.15, 0.2) is 42.5 Å². The second-order valence-electron chi connectivity index (χ2n) is 5.15. The van der Waals surface area contributed by atoms with Gasteiger partial charge in [-0.05, 0) is 41.3 Å². The average Bonchev–Trinajstić information content (AvgIpc) is 2.37. The number of benzene rings is 2. The molecule has 100 valence electrons. The molecule has 2 aromatic rings. The first-order valence-electron chi connectivity index (χ1n) is 6.65. The van der Waals surface area contributed by atoms with E-state index in [4.69, 9.17) is 0 Å². The third kappa shape index (κ3) is 3.42. The smallest absolute Gasteiger partial charge is 0.123 e. The van der Waals surface area contributed by atoms with Gasteiger partial charge in [-0.25, -0.2) is 4.39 Å². The van der Waals surface area contributed by atoms with Crippen LogP contribution in [-0.4, -0.2) is 6.04 Å². The molecule has 0 aliphatic carbocycles. The van der Waals surface area contributed by atoms with E-state index in [0.29, 0.717) is 6.04 Å². The van der Waals surface area contributed by atoms with Gasteiger partial charge in [0, 0.05) is 12.6 Å². The van der Waals surface area contributed by atoms with Crippen molar-refractivity contribution in [2.75, 3.05) is 0 Å². The summed E-state index contributed by atoms with van der Waals surface area (Å²) in [6.07, 6.45) is 0. The van der Waals surface area contributed by atoms with Crippen LogP contribution in [0.25, 0.3) is 11.1 Å². The fourth-order valence-corrected chi connectivity index (χ4v) is 2.14. The third-order valence-electron chi connectivity index (χ3n) is 3.21. The zero-order chi connectivity index (χ0) is 13.8. The summed E-state index contributed by atoms with van der Waals surface area (Å²) in [5.74, 6) is -0.188. The summed E-state index contributed by atoms with van der Waals surface area (Å²) in [6.45, 7) is 7.02. The normalized spacial score (nSPS) is 11.0. The van der Waals surface area contributed by atoms with E-state index in [2.05, 4.69) is 32.2 Å². The molecule has 2 aromatic carbocycles. The van der Waals surface area contributed by atoms with E-state index in [1.807, 2.05) is 24.3 Å². The van der Waals surface area contributed by atoms with Crippen LogP contribution in [0.4, 0.5) is 4.39 Å². The van der Waals surface area contributed by atoms with Crippen molar-refractivity contribution in [2.24, 2.45) is 0 Å². The topological polar surface area (TPSA) is 12.0 Å². The van der Waals surface area contributed by atoms with Gasteiger partial charge in [0.05, 0.1) is 0 Å². The molecule has 0 unspecified atom stereocenters. The van der Waals surface area contributed by atoms with E-state index >= 15 is 0 Å². The second kappa shape index (κ2) is 5.98. The molecule has 1 N–H and O–H groups in total. The summed E-state index contributed by atoms with van der Waals surface area (Å²) in [5.41, 5.74) is 4.37. The SMILES string of the molecule is Cc1ccccc1-c1cc(F)ccc1CNC(C)C. The summed E-state index contributed by atoms with van der Waals surface area (Å²) in [6, 6.07) is 13.5. The minimum Gasteiger partial charge on any atom is -0.310 e. The summed E-state index contributed by atoms with van der Waals surface area (Å²) >= 11 is 0. The van der Waals surface area contributed by atoms with Crippen molar-refractivity contribution in [3.63, 3.8) is 0 Å². The van der Waals surface area contributed by atoms with Gasteiger partial charge in [0.2, 0.25) is 0 Å². The Morgan fingerprint density at radius 1 is 1.05 bits per heavy atom. The lowest BCUT2D eigenvalue weighted by Crippen LogP contribution is -2.22. The van der Waals surface area contributed by atoms with Crippen LogP contribution < -0.4 is 5.32 Å². The van der Waals surface area contributed by atoms with Crippen molar-refractivity contribution in [1.82, 2.24) is 5.32 Å². The van der Waals surface area contributed by atoms with Gasteiger partial charge in [0.25, 0.3) is 0 Å². The highest BCUT2D eigenvalue weighted by molar-refractivity contribution is 5.70. The number of aryl methyl sites for hydroxylation is 1. The van der Waals surface area contributed by atoms with Gasteiger partial charge in [0.15, 0.2) is 0 Å². The number of rotatable bonds is 4. The number of halogens is 1. The third-order valence-corrected chi connectivity index (χ3v) is 3.21. The highest BCUT2D eigenvalue weighted by Gasteiger charge is 2.09. The Morgan fingerprint density at radius 3 is 2.47 bits per heavy atom. The highest BCUT2D eigenvalue weighted by atomic mass is 19.1. The lowest BCUT2D eigenvalue weighted by molar-refractivity contribution is 0.587. The minimum absolute atomic E-state index is 0.188. The number of hydrogen-bond donors (Lipinski definition) is 1. The molecule has 0 saturated heterocycles. The summed E-state index contributed by atoms with van der Waals surface area (Å²) < 4.78 is 13.5. The molecule has 0 heterocycles. The van der Waals surface area contributed by atoms with Crippen LogP contribution >= 0.6 is 0 Å². The van der Waals surface area contributed by atoms with Crippen molar-refractivity contribution < 1.29 is 4.39 Å². The van der Waals surface area contributed by atoms with Gasteiger partial charge < -0.3 is 5.32 Å². The summed E-state index contributed by atoms with van der Waals surface area (Å²) in [4.78, 5) is 0. The quantitative estimate of drug-likeness (QED) is 0.861. The van der Waals surface area contributed by atoms with Crippen LogP contribution in [0.5, 0.6) is 0 Å². The van der Waals surface area contributed by atoms with Crippen LogP contribution in [0.1, 0.15) is 25.0 Å². The van der Waals surface area contributed by atoms with E-state index in [-0.39, 0.29) is 5.82 Å². The van der Waals surface area contributed by atoms with Crippen LogP contribution in [0.2, 0.25) is 0 Å². The Labute approximate surface area is 114 Å². The van der Waals surface area contributed by atoms with E-state index in [0.717, 1.165) is 23.2 Å². The van der Waals surface area contributed by atoms with Gasteiger partial charge in [-0.3, -0.25) is 0 Å². The summed E-state index contributed by atoms with van der Waals surface area (Å²) in [5, 5.41) is 3.39. The molecule has 19 heavy (non-hydrogen) atoms. The monoisotopic (exact) mass is 257 g/mol. The molecule has 0 atom stereocenters. The predicted molar refractivity (Wildman–Crippen MR) is 78.5 cm³/mol. The molecule has 0 saturated carbocycles. The first-order valence-corrected chi connectivity index (χ1v) is 6.65. The zero-order valence-corrected chi connectivity index (χ0v) is 11.7. The maximum atomic E-state index is 13.5. The first-order chi connectivity index (χ1) is 9.08. The molecule has 2 rings (SSSR count). The Balaban J connectivity index is 2.43. The Kier molecular flexibility index (Phi) is 4.33. The molecule has 0 aliphatic rings. The van der Waals surface area contributed by atoms with E-state index in [1.54, 1.807) is 6.07 Å².